The van der Waals surface area contributed by atoms with Crippen molar-refractivity contribution in [3.63, 3.8) is 0 Å². The van der Waals surface area contributed by atoms with E-state index in [0.717, 1.165) is 50.5 Å². The second kappa shape index (κ2) is 8.04. The number of amides is 1. The molecule has 2 atom stereocenters. The van der Waals surface area contributed by atoms with Gasteiger partial charge in [-0.1, -0.05) is 43.2 Å². The lowest BCUT2D eigenvalue weighted by atomic mass is 9.89. The van der Waals surface area contributed by atoms with Crippen molar-refractivity contribution in [2.45, 2.75) is 63.1 Å². The van der Waals surface area contributed by atoms with Gasteiger partial charge in [0.2, 0.25) is 0 Å². The van der Waals surface area contributed by atoms with Crippen molar-refractivity contribution in [1.29, 1.82) is 0 Å². The Morgan fingerprint density at radius 2 is 1.82 bits per heavy atom. The summed E-state index contributed by atoms with van der Waals surface area (Å²) in [6, 6.07) is 9.26. The van der Waals surface area contributed by atoms with Gasteiger partial charge in [0.25, 0.3) is 0 Å². The van der Waals surface area contributed by atoms with Gasteiger partial charge in [-0.2, -0.15) is 0 Å². The van der Waals surface area contributed by atoms with Crippen molar-refractivity contribution in [3.05, 3.63) is 42.4 Å². The minimum Gasteiger partial charge on any atom is -0.476 e. The maximum atomic E-state index is 12.3. The number of imidazole rings is 1. The molecule has 2 N–H and O–H groups in total. The highest BCUT2D eigenvalue weighted by Crippen LogP contribution is 2.34. The Hall–Kier alpha value is -2.83. The standard InChI is InChI=1S/C21H25N3O4/c25-20(26)18-19(14-7-2-1-3-8-14)24(13-22-18)17-12-5-4-11-16(17)23-21(27)28-15-9-6-10-15/h1-3,7-8,13,15-17H,4-6,9-12H2,(H,23,27)(H,25,26)/t16-,17-/m0/s1. The van der Waals surface area contributed by atoms with Crippen molar-refractivity contribution in [2.75, 3.05) is 0 Å². The average Bonchev–Trinajstić information content (AvgIpc) is 3.11. The molecule has 2 aliphatic carbocycles. The molecular weight excluding hydrogens is 358 g/mol. The maximum absolute atomic E-state index is 12.3. The van der Waals surface area contributed by atoms with Gasteiger partial charge in [0.05, 0.1) is 24.1 Å². The van der Waals surface area contributed by atoms with Gasteiger partial charge in [0.15, 0.2) is 5.69 Å². The number of hydrogen-bond donors (Lipinski definition) is 2. The molecule has 7 nitrogen and oxygen atoms in total. The molecule has 1 heterocycles. The van der Waals surface area contributed by atoms with Crippen LogP contribution in [0.25, 0.3) is 11.3 Å². The Bertz CT molecular complexity index is 845. The zero-order valence-electron chi connectivity index (χ0n) is 15.7. The van der Waals surface area contributed by atoms with Crippen molar-refractivity contribution in [1.82, 2.24) is 14.9 Å². The molecule has 1 amide bonds. The summed E-state index contributed by atoms with van der Waals surface area (Å²) in [6.45, 7) is 0. The third kappa shape index (κ3) is 3.74. The van der Waals surface area contributed by atoms with Gasteiger partial charge < -0.3 is 19.7 Å². The number of carboxylic acids is 1. The van der Waals surface area contributed by atoms with Crippen molar-refractivity contribution >= 4 is 12.1 Å². The molecule has 0 unspecified atom stereocenters. The average molecular weight is 383 g/mol. The van der Waals surface area contributed by atoms with Gasteiger partial charge in [0.1, 0.15) is 6.10 Å². The number of carboxylic acid groups (broad SMARTS) is 1. The molecule has 2 fully saturated rings. The molecule has 2 aliphatic rings. The Kier molecular flexibility index (Phi) is 5.32. The van der Waals surface area contributed by atoms with Crippen LogP contribution in [0, 0.1) is 0 Å². The lowest BCUT2D eigenvalue weighted by molar-refractivity contribution is 0.0474. The highest BCUT2D eigenvalue weighted by Gasteiger charge is 2.33. The zero-order valence-corrected chi connectivity index (χ0v) is 15.7. The first-order valence-corrected chi connectivity index (χ1v) is 9.96. The summed E-state index contributed by atoms with van der Waals surface area (Å²) in [5, 5.41) is 12.6. The van der Waals surface area contributed by atoms with E-state index >= 15 is 0 Å². The van der Waals surface area contributed by atoms with Crippen molar-refractivity contribution in [3.8, 4) is 11.3 Å². The number of aromatic nitrogens is 2. The van der Waals surface area contributed by atoms with Gasteiger partial charge in [-0.15, -0.1) is 0 Å². The largest absolute Gasteiger partial charge is 0.476 e. The first-order chi connectivity index (χ1) is 13.6. The van der Waals surface area contributed by atoms with E-state index in [-0.39, 0.29) is 30.0 Å². The molecule has 0 radical (unpaired) electrons. The smallest absolute Gasteiger partial charge is 0.407 e. The summed E-state index contributed by atoms with van der Waals surface area (Å²) >= 11 is 0. The molecule has 2 aromatic rings. The second-order valence-electron chi connectivity index (χ2n) is 7.58. The fourth-order valence-electron chi connectivity index (χ4n) is 4.09. The minimum absolute atomic E-state index is 0.0348. The van der Waals surface area contributed by atoms with Crippen LogP contribution in [0.2, 0.25) is 0 Å². The molecular formula is C21H25N3O4. The van der Waals surface area contributed by atoms with E-state index in [2.05, 4.69) is 10.3 Å². The molecule has 1 aromatic heterocycles. The fourth-order valence-corrected chi connectivity index (χ4v) is 4.09. The highest BCUT2D eigenvalue weighted by molar-refractivity contribution is 5.93. The van der Waals surface area contributed by atoms with Crippen LogP contribution in [-0.4, -0.2) is 38.9 Å². The molecule has 1 aromatic carbocycles. The summed E-state index contributed by atoms with van der Waals surface area (Å²) in [7, 11) is 0. The zero-order chi connectivity index (χ0) is 19.5. The quantitative estimate of drug-likeness (QED) is 0.814. The van der Waals surface area contributed by atoms with Gasteiger partial charge in [-0.25, -0.2) is 14.6 Å². The fraction of sp³-hybridized carbons (Fsp3) is 0.476. The van der Waals surface area contributed by atoms with E-state index in [9.17, 15) is 14.7 Å². The molecule has 0 bridgehead atoms. The number of carbonyl (C=O) groups is 2. The summed E-state index contributed by atoms with van der Waals surface area (Å²) < 4.78 is 7.39. The number of carbonyl (C=O) groups excluding carboxylic acids is 1. The SMILES string of the molecule is O=C(N[C@H]1CCCC[C@@H]1n1cnc(C(=O)O)c1-c1ccccc1)OC1CCC1. The monoisotopic (exact) mass is 383 g/mol. The van der Waals surface area contributed by atoms with Gasteiger partial charge in [0, 0.05) is 5.56 Å². The highest BCUT2D eigenvalue weighted by atomic mass is 16.6. The van der Waals surface area contributed by atoms with E-state index < -0.39 is 5.97 Å². The number of nitrogens with zero attached hydrogens (tertiary/aromatic N) is 2. The molecule has 0 aliphatic heterocycles. The lowest BCUT2D eigenvalue weighted by Crippen LogP contribution is -2.44. The molecule has 4 rings (SSSR count). The topological polar surface area (TPSA) is 93.5 Å². The van der Waals surface area contributed by atoms with Crippen LogP contribution in [-0.2, 0) is 4.74 Å². The summed E-state index contributed by atoms with van der Waals surface area (Å²) in [5.41, 5.74) is 1.42. The molecule has 7 heteroatoms. The third-order valence-corrected chi connectivity index (χ3v) is 5.76. The number of benzene rings is 1. The molecule has 148 valence electrons. The van der Waals surface area contributed by atoms with Crippen LogP contribution in [0.15, 0.2) is 36.7 Å². The summed E-state index contributed by atoms with van der Waals surface area (Å²) in [5.74, 6) is -1.05. The first kappa shape index (κ1) is 18.5. The Morgan fingerprint density at radius 3 is 2.50 bits per heavy atom. The predicted molar refractivity (Wildman–Crippen MR) is 103 cm³/mol. The van der Waals surface area contributed by atoms with Crippen molar-refractivity contribution in [2.24, 2.45) is 0 Å². The predicted octanol–water partition coefficient (Wildman–Crippen LogP) is 4.01. The van der Waals surface area contributed by atoms with Crippen LogP contribution in [0.5, 0.6) is 0 Å². The van der Waals surface area contributed by atoms with Gasteiger partial charge in [-0.3, -0.25) is 0 Å². The Balaban J connectivity index is 1.62. The number of aromatic carboxylic acids is 1. The van der Waals surface area contributed by atoms with Gasteiger partial charge >= 0.3 is 12.1 Å². The minimum atomic E-state index is -1.05. The van der Waals surface area contributed by atoms with E-state index in [1.807, 2.05) is 34.9 Å². The van der Waals surface area contributed by atoms with E-state index in [1.54, 1.807) is 6.33 Å². The lowest BCUT2D eigenvalue weighted by Gasteiger charge is -2.35. The van der Waals surface area contributed by atoms with Crippen LogP contribution < -0.4 is 5.32 Å². The summed E-state index contributed by atoms with van der Waals surface area (Å²) in [6.07, 6.45) is 7.96. The maximum Gasteiger partial charge on any atom is 0.407 e. The van der Waals surface area contributed by atoms with E-state index in [0.29, 0.717) is 5.69 Å². The van der Waals surface area contributed by atoms with Crippen molar-refractivity contribution < 1.29 is 19.4 Å². The number of ether oxygens (including phenoxy) is 1. The molecule has 0 saturated heterocycles. The van der Waals surface area contributed by atoms with Gasteiger partial charge in [-0.05, 0) is 32.1 Å². The number of rotatable bonds is 5. The van der Waals surface area contributed by atoms with Crippen LogP contribution >= 0.6 is 0 Å². The Morgan fingerprint density at radius 1 is 1.07 bits per heavy atom. The Labute approximate surface area is 163 Å². The summed E-state index contributed by atoms with van der Waals surface area (Å²) in [4.78, 5) is 28.2. The third-order valence-electron chi connectivity index (χ3n) is 5.76. The van der Waals surface area contributed by atoms with Crippen LogP contribution in [0.4, 0.5) is 4.79 Å². The number of nitrogens with one attached hydrogen (secondary N) is 1. The second-order valence-corrected chi connectivity index (χ2v) is 7.58. The molecule has 28 heavy (non-hydrogen) atoms. The van der Waals surface area contributed by atoms with E-state index in [4.69, 9.17) is 4.74 Å². The molecule has 0 spiro atoms. The van der Waals surface area contributed by atoms with Crippen LogP contribution in [0.1, 0.15) is 61.5 Å². The normalized spacial score (nSPS) is 22.3. The van der Waals surface area contributed by atoms with E-state index in [1.165, 1.54) is 0 Å². The first-order valence-electron chi connectivity index (χ1n) is 9.96. The number of hydrogen-bond acceptors (Lipinski definition) is 4. The number of alkyl carbamates (subject to hydrolysis) is 1. The van der Waals surface area contributed by atoms with Crippen LogP contribution in [0.3, 0.4) is 0 Å². The molecule has 2 saturated carbocycles.